The van der Waals surface area contributed by atoms with Gasteiger partial charge in [0.1, 0.15) is 5.82 Å². The molecule has 0 bridgehead atoms. The Balaban J connectivity index is 2.49. The van der Waals surface area contributed by atoms with Crippen LogP contribution in [0.2, 0.25) is 5.02 Å². The van der Waals surface area contributed by atoms with Gasteiger partial charge < -0.3 is 4.90 Å². The molecule has 1 aromatic carbocycles. The van der Waals surface area contributed by atoms with Crippen molar-refractivity contribution >= 4 is 43.4 Å². The summed E-state index contributed by atoms with van der Waals surface area (Å²) < 4.78 is 39.6. The zero-order chi connectivity index (χ0) is 18.1. The smallest absolute Gasteiger partial charge is 0.323 e. The molecule has 0 unspecified atom stereocenters. The fourth-order valence-electron chi connectivity index (χ4n) is 2.01. The van der Waals surface area contributed by atoms with Gasteiger partial charge in [-0.05, 0) is 48.0 Å². The topological polar surface area (TPSA) is 72.3 Å². The minimum atomic E-state index is -4.06. The van der Waals surface area contributed by atoms with Gasteiger partial charge in [0.05, 0.1) is 20.6 Å². The lowest BCUT2D eigenvalue weighted by Crippen LogP contribution is -2.34. The Morgan fingerprint density at radius 1 is 1.38 bits per heavy atom. The molecule has 0 fully saturated rings. The number of amides is 1. The summed E-state index contributed by atoms with van der Waals surface area (Å²) >= 11 is 8.75. The van der Waals surface area contributed by atoms with Crippen LogP contribution in [0.1, 0.15) is 13.8 Å². The van der Waals surface area contributed by atoms with Gasteiger partial charge in [0.2, 0.25) is 9.84 Å². The average Bonchev–Trinajstić information content (AvgIpc) is 2.93. The number of halogens is 3. The number of nitrogens with zero attached hydrogens (tertiary/aromatic N) is 3. The Labute approximate surface area is 152 Å². The Morgan fingerprint density at radius 3 is 2.54 bits per heavy atom. The molecule has 1 heterocycles. The van der Waals surface area contributed by atoms with E-state index in [1.165, 1.54) is 11.1 Å². The monoisotopic (exact) mass is 437 g/mol. The van der Waals surface area contributed by atoms with Gasteiger partial charge in [-0.3, -0.25) is 0 Å². The van der Waals surface area contributed by atoms with Gasteiger partial charge in [0, 0.05) is 13.1 Å². The van der Waals surface area contributed by atoms with Crippen molar-refractivity contribution in [3.8, 4) is 0 Å². The number of benzene rings is 1. The number of carbonyl (C=O) groups is 1. The molecule has 0 aliphatic rings. The first-order valence-electron chi connectivity index (χ1n) is 6.97. The third kappa shape index (κ3) is 3.47. The number of carbonyl (C=O) groups excluding carboxylic acids is 1. The predicted octanol–water partition coefficient (Wildman–Crippen LogP) is 3.58. The molecular formula is C14H14BrClFN3O3S. The molecule has 2 rings (SSSR count). The second-order valence-electron chi connectivity index (χ2n) is 4.76. The fourth-order valence-corrected chi connectivity index (χ4v) is 4.42. The third-order valence-corrected chi connectivity index (χ3v) is 6.14. The first kappa shape index (κ1) is 18.9. The molecule has 1 amide bonds. The van der Waals surface area contributed by atoms with Crippen molar-refractivity contribution < 1.29 is 17.6 Å². The van der Waals surface area contributed by atoms with Gasteiger partial charge in [0.15, 0.2) is 5.03 Å². The molecule has 0 radical (unpaired) electrons. The van der Waals surface area contributed by atoms with E-state index in [0.29, 0.717) is 13.1 Å². The minimum absolute atomic E-state index is 0.128. The molecule has 0 spiro atoms. The SMILES string of the molecule is CCN(CC)C(=O)n1cc(Br)c(S(=O)(=O)c2ccc(F)c(Cl)c2)n1. The van der Waals surface area contributed by atoms with Crippen molar-refractivity contribution in [2.75, 3.05) is 13.1 Å². The standard InChI is InChI=1S/C14H14BrClFN3O3S/c1-3-19(4-2)14(21)20-8-10(15)13(18-20)24(22,23)9-5-6-12(17)11(16)7-9/h5-8H,3-4H2,1-2H3. The van der Waals surface area contributed by atoms with Crippen LogP contribution in [0.5, 0.6) is 0 Å². The molecule has 10 heteroatoms. The maximum Gasteiger partial charge on any atom is 0.344 e. The number of sulfone groups is 1. The summed E-state index contributed by atoms with van der Waals surface area (Å²) in [6.45, 7) is 4.53. The molecule has 0 aliphatic carbocycles. The highest BCUT2D eigenvalue weighted by Crippen LogP contribution is 2.29. The van der Waals surface area contributed by atoms with Gasteiger partial charge in [-0.15, -0.1) is 0 Å². The summed E-state index contributed by atoms with van der Waals surface area (Å²) in [5.74, 6) is -0.725. The Morgan fingerprint density at radius 2 is 2.00 bits per heavy atom. The average molecular weight is 439 g/mol. The number of rotatable bonds is 4. The van der Waals surface area contributed by atoms with Crippen LogP contribution in [0.15, 0.2) is 38.8 Å². The predicted molar refractivity (Wildman–Crippen MR) is 90.5 cm³/mol. The van der Waals surface area contributed by atoms with E-state index in [2.05, 4.69) is 21.0 Å². The molecule has 1 aromatic heterocycles. The normalized spacial score (nSPS) is 11.5. The maximum absolute atomic E-state index is 13.2. The van der Waals surface area contributed by atoms with Crippen molar-refractivity contribution in [2.45, 2.75) is 23.8 Å². The first-order valence-corrected chi connectivity index (χ1v) is 9.62. The molecule has 6 nitrogen and oxygen atoms in total. The van der Waals surface area contributed by atoms with E-state index in [4.69, 9.17) is 11.6 Å². The highest BCUT2D eigenvalue weighted by molar-refractivity contribution is 9.10. The second kappa shape index (κ2) is 7.20. The van der Waals surface area contributed by atoms with Crippen LogP contribution in [0.25, 0.3) is 0 Å². The van der Waals surface area contributed by atoms with Crippen molar-refractivity contribution in [1.82, 2.24) is 14.7 Å². The van der Waals surface area contributed by atoms with Crippen LogP contribution >= 0.6 is 27.5 Å². The van der Waals surface area contributed by atoms with Crippen LogP contribution in [0.4, 0.5) is 9.18 Å². The van der Waals surface area contributed by atoms with E-state index in [9.17, 15) is 17.6 Å². The van der Waals surface area contributed by atoms with Gasteiger partial charge in [-0.25, -0.2) is 17.6 Å². The van der Waals surface area contributed by atoms with Crippen LogP contribution < -0.4 is 0 Å². The van der Waals surface area contributed by atoms with Crippen molar-refractivity contribution in [1.29, 1.82) is 0 Å². The number of hydrogen-bond acceptors (Lipinski definition) is 4. The molecule has 0 N–H and O–H groups in total. The quantitative estimate of drug-likeness (QED) is 0.684. The van der Waals surface area contributed by atoms with E-state index >= 15 is 0 Å². The van der Waals surface area contributed by atoms with E-state index in [-0.39, 0.29) is 19.4 Å². The van der Waals surface area contributed by atoms with Crippen molar-refractivity contribution in [2.24, 2.45) is 0 Å². The lowest BCUT2D eigenvalue weighted by Gasteiger charge is -2.17. The largest absolute Gasteiger partial charge is 0.344 e. The third-order valence-electron chi connectivity index (χ3n) is 3.32. The molecule has 130 valence electrons. The van der Waals surface area contributed by atoms with E-state index < -0.39 is 21.7 Å². The van der Waals surface area contributed by atoms with Crippen molar-refractivity contribution in [3.63, 3.8) is 0 Å². The summed E-state index contributed by atoms with van der Waals surface area (Å²) in [7, 11) is -4.06. The zero-order valence-corrected chi connectivity index (χ0v) is 16.0. The zero-order valence-electron chi connectivity index (χ0n) is 12.8. The van der Waals surface area contributed by atoms with E-state index in [1.807, 2.05) is 0 Å². The first-order chi connectivity index (χ1) is 11.2. The molecule has 24 heavy (non-hydrogen) atoms. The van der Waals surface area contributed by atoms with Crippen LogP contribution in [0.3, 0.4) is 0 Å². The Bertz CT molecular complexity index is 881. The van der Waals surface area contributed by atoms with Crippen LogP contribution in [-0.2, 0) is 9.84 Å². The van der Waals surface area contributed by atoms with Gasteiger partial charge >= 0.3 is 6.03 Å². The Kier molecular flexibility index (Phi) is 5.67. The second-order valence-corrected chi connectivity index (χ2v) is 7.89. The number of hydrogen-bond donors (Lipinski definition) is 0. The molecule has 2 aromatic rings. The molecule has 0 saturated carbocycles. The number of aromatic nitrogens is 2. The van der Waals surface area contributed by atoms with E-state index in [1.54, 1.807) is 13.8 Å². The molecule has 0 saturated heterocycles. The molecule has 0 atom stereocenters. The highest BCUT2D eigenvalue weighted by atomic mass is 79.9. The maximum atomic E-state index is 13.2. The lowest BCUT2D eigenvalue weighted by molar-refractivity contribution is 0.201. The minimum Gasteiger partial charge on any atom is -0.323 e. The van der Waals surface area contributed by atoms with Gasteiger partial charge in [-0.1, -0.05) is 11.6 Å². The molecular weight excluding hydrogens is 425 g/mol. The summed E-state index contributed by atoms with van der Waals surface area (Å²) in [5.41, 5.74) is 0. The summed E-state index contributed by atoms with van der Waals surface area (Å²) in [5, 5.41) is 3.22. The highest BCUT2D eigenvalue weighted by Gasteiger charge is 2.27. The molecule has 0 aliphatic heterocycles. The summed E-state index contributed by atoms with van der Waals surface area (Å²) in [6, 6.07) is 2.61. The van der Waals surface area contributed by atoms with Gasteiger partial charge in [0.25, 0.3) is 0 Å². The van der Waals surface area contributed by atoms with Gasteiger partial charge in [-0.2, -0.15) is 9.78 Å². The Hall–Kier alpha value is -1.45. The van der Waals surface area contributed by atoms with Crippen LogP contribution in [0, 0.1) is 5.82 Å². The fraction of sp³-hybridized carbons (Fsp3) is 0.286. The van der Waals surface area contributed by atoms with Crippen LogP contribution in [-0.4, -0.2) is 42.2 Å². The van der Waals surface area contributed by atoms with E-state index in [0.717, 1.165) is 22.9 Å². The van der Waals surface area contributed by atoms with Crippen molar-refractivity contribution in [3.05, 3.63) is 39.7 Å². The lowest BCUT2D eigenvalue weighted by atomic mass is 10.3. The summed E-state index contributed by atoms with van der Waals surface area (Å²) in [6.07, 6.45) is 1.28. The summed E-state index contributed by atoms with van der Waals surface area (Å²) in [4.78, 5) is 13.6.